The molecule has 0 spiro atoms. The van der Waals surface area contributed by atoms with E-state index >= 15 is 0 Å². The Kier molecular flexibility index (Phi) is 4.31. The minimum atomic E-state index is 0.139. The summed E-state index contributed by atoms with van der Waals surface area (Å²) in [6.07, 6.45) is 12.3. The highest BCUT2D eigenvalue weighted by Gasteiger charge is 2.52. The average molecular weight is 444 g/mol. The minimum absolute atomic E-state index is 0.139. The summed E-state index contributed by atoms with van der Waals surface area (Å²) in [5, 5.41) is 12.9. The molecule has 3 aromatic rings. The summed E-state index contributed by atoms with van der Waals surface area (Å²) in [7, 11) is 2.08. The number of aromatic nitrogens is 4. The van der Waals surface area contributed by atoms with Crippen molar-refractivity contribution >= 4 is 5.69 Å². The van der Waals surface area contributed by atoms with Crippen molar-refractivity contribution in [1.82, 2.24) is 19.9 Å². The van der Waals surface area contributed by atoms with Gasteiger partial charge >= 0.3 is 0 Å². The Morgan fingerprint density at radius 3 is 2.48 bits per heavy atom. The van der Waals surface area contributed by atoms with Gasteiger partial charge in [0.05, 0.1) is 5.69 Å². The number of benzene rings is 1. The molecule has 5 fully saturated rings. The largest absolute Gasteiger partial charge is 0.384 e. The molecule has 6 nitrogen and oxygen atoms in total. The Balaban J connectivity index is 1.02. The molecule has 0 saturated heterocycles. The third-order valence-corrected chi connectivity index (χ3v) is 8.98. The van der Waals surface area contributed by atoms with Crippen LogP contribution in [0.4, 0.5) is 5.69 Å². The highest BCUT2D eigenvalue weighted by Crippen LogP contribution is 2.57. The Morgan fingerprint density at radius 1 is 1.00 bits per heavy atom. The zero-order valence-corrected chi connectivity index (χ0v) is 19.5. The van der Waals surface area contributed by atoms with Crippen molar-refractivity contribution in [2.75, 3.05) is 11.9 Å². The highest BCUT2D eigenvalue weighted by atomic mass is 16.5. The van der Waals surface area contributed by atoms with Crippen LogP contribution in [0.3, 0.4) is 0 Å². The van der Waals surface area contributed by atoms with Crippen LogP contribution in [-0.2, 0) is 12.5 Å². The maximum atomic E-state index is 5.79. The van der Waals surface area contributed by atoms with Gasteiger partial charge in [0, 0.05) is 47.8 Å². The maximum Gasteiger partial charge on any atom is 0.232 e. The van der Waals surface area contributed by atoms with E-state index in [4.69, 9.17) is 14.6 Å². The molecule has 2 heterocycles. The molecule has 5 saturated carbocycles. The first-order chi connectivity index (χ1) is 16.1. The normalized spacial score (nSPS) is 28.9. The molecule has 0 unspecified atom stereocenters. The molecule has 5 aliphatic carbocycles. The number of nitrogens with one attached hydrogen (secondary N) is 1. The van der Waals surface area contributed by atoms with Crippen LogP contribution in [0, 0.1) is 5.41 Å². The molecule has 2 bridgehead atoms. The summed E-state index contributed by atoms with van der Waals surface area (Å²) >= 11 is 0. The first-order valence-electron chi connectivity index (χ1n) is 12.8. The van der Waals surface area contributed by atoms with Crippen molar-refractivity contribution in [3.05, 3.63) is 47.7 Å². The molecule has 33 heavy (non-hydrogen) atoms. The lowest BCUT2D eigenvalue weighted by atomic mass is 9.53. The molecule has 1 N–H and O–H groups in total. The molecule has 172 valence electrons. The Labute approximate surface area is 195 Å². The van der Waals surface area contributed by atoms with E-state index in [9.17, 15) is 0 Å². The van der Waals surface area contributed by atoms with Crippen molar-refractivity contribution in [2.24, 2.45) is 12.5 Å². The summed E-state index contributed by atoms with van der Waals surface area (Å²) < 4.78 is 7.85. The van der Waals surface area contributed by atoms with Gasteiger partial charge in [0.2, 0.25) is 5.89 Å². The van der Waals surface area contributed by atoms with E-state index in [0.29, 0.717) is 17.3 Å². The van der Waals surface area contributed by atoms with Gasteiger partial charge < -0.3 is 9.84 Å². The smallest absolute Gasteiger partial charge is 0.232 e. The monoisotopic (exact) mass is 443 g/mol. The van der Waals surface area contributed by atoms with Gasteiger partial charge in [0.25, 0.3) is 0 Å². The second kappa shape index (κ2) is 7.18. The standard InChI is InChI=1S/C27H33N5O/c1-32-23(18-5-6-18)16-22(30-32)20-3-2-4-21(15-20)28-17-26-9-12-27(13-10-26,14-11-26)25-29-24(31-33-25)19-7-8-19/h2-4,15-16,18-19,28H,5-14,17H2,1H3. The first kappa shape index (κ1) is 19.8. The van der Waals surface area contributed by atoms with Crippen LogP contribution in [0.15, 0.2) is 34.9 Å². The van der Waals surface area contributed by atoms with Crippen LogP contribution in [0.2, 0.25) is 0 Å². The third-order valence-electron chi connectivity index (χ3n) is 8.98. The molecule has 0 amide bonds. The molecular formula is C27H33N5O. The number of fused-ring (bicyclic) bond motifs is 3. The Morgan fingerprint density at radius 2 is 1.76 bits per heavy atom. The molecule has 8 rings (SSSR count). The lowest BCUT2D eigenvalue weighted by molar-refractivity contribution is 0.0322. The number of hydrogen-bond acceptors (Lipinski definition) is 5. The van der Waals surface area contributed by atoms with E-state index < -0.39 is 0 Å². The Hall–Kier alpha value is -2.63. The minimum Gasteiger partial charge on any atom is -0.384 e. The van der Waals surface area contributed by atoms with Crippen LogP contribution >= 0.6 is 0 Å². The van der Waals surface area contributed by atoms with Crippen molar-refractivity contribution in [3.8, 4) is 11.3 Å². The maximum absolute atomic E-state index is 5.79. The van der Waals surface area contributed by atoms with Gasteiger partial charge in [0.1, 0.15) is 0 Å². The van der Waals surface area contributed by atoms with Crippen molar-refractivity contribution in [3.63, 3.8) is 0 Å². The molecule has 1 aromatic carbocycles. The highest BCUT2D eigenvalue weighted by molar-refractivity contribution is 5.65. The summed E-state index contributed by atoms with van der Waals surface area (Å²) in [5.41, 5.74) is 5.40. The summed E-state index contributed by atoms with van der Waals surface area (Å²) in [6.45, 7) is 1.04. The molecule has 0 atom stereocenters. The van der Waals surface area contributed by atoms with Gasteiger partial charge in [-0.3, -0.25) is 4.68 Å². The number of aryl methyl sites for hydroxylation is 1. The zero-order chi connectivity index (χ0) is 22.0. The summed E-state index contributed by atoms with van der Waals surface area (Å²) in [5.74, 6) is 3.17. The fraction of sp³-hybridized carbons (Fsp3) is 0.593. The van der Waals surface area contributed by atoms with Crippen LogP contribution in [0.1, 0.15) is 93.5 Å². The number of anilines is 1. The van der Waals surface area contributed by atoms with E-state index in [2.05, 4.69) is 52.5 Å². The quantitative estimate of drug-likeness (QED) is 0.490. The van der Waals surface area contributed by atoms with E-state index in [0.717, 1.165) is 24.0 Å². The second-order valence-corrected chi connectivity index (χ2v) is 11.3. The molecule has 6 heteroatoms. The first-order valence-corrected chi connectivity index (χ1v) is 12.8. The number of nitrogens with zero attached hydrogens (tertiary/aromatic N) is 4. The van der Waals surface area contributed by atoms with Crippen molar-refractivity contribution in [1.29, 1.82) is 0 Å². The molecule has 0 radical (unpaired) electrons. The van der Waals surface area contributed by atoms with Crippen LogP contribution < -0.4 is 5.32 Å². The van der Waals surface area contributed by atoms with Gasteiger partial charge in [-0.25, -0.2) is 0 Å². The van der Waals surface area contributed by atoms with Crippen LogP contribution in [-0.4, -0.2) is 26.5 Å². The van der Waals surface area contributed by atoms with Crippen LogP contribution in [0.25, 0.3) is 11.3 Å². The molecule has 0 aliphatic heterocycles. The van der Waals surface area contributed by atoms with E-state index in [1.54, 1.807) is 0 Å². The lowest BCUT2D eigenvalue weighted by Gasteiger charge is -2.52. The third kappa shape index (κ3) is 3.49. The second-order valence-electron chi connectivity index (χ2n) is 11.3. The van der Waals surface area contributed by atoms with Gasteiger partial charge in [-0.15, -0.1) is 0 Å². The fourth-order valence-electron chi connectivity index (χ4n) is 6.27. The van der Waals surface area contributed by atoms with Gasteiger partial charge in [-0.2, -0.15) is 10.1 Å². The van der Waals surface area contributed by atoms with Gasteiger partial charge in [-0.1, -0.05) is 17.3 Å². The predicted molar refractivity (Wildman–Crippen MR) is 127 cm³/mol. The topological polar surface area (TPSA) is 68.8 Å². The summed E-state index contributed by atoms with van der Waals surface area (Å²) in [6, 6.07) is 11.1. The fourth-order valence-corrected chi connectivity index (χ4v) is 6.27. The molecule has 5 aliphatic rings. The van der Waals surface area contributed by atoms with Crippen molar-refractivity contribution in [2.45, 2.75) is 81.5 Å². The summed E-state index contributed by atoms with van der Waals surface area (Å²) in [4.78, 5) is 4.84. The van der Waals surface area contributed by atoms with Gasteiger partial charge in [-0.05, 0) is 87.8 Å². The predicted octanol–water partition coefficient (Wildman–Crippen LogP) is 5.93. The number of hydrogen-bond donors (Lipinski definition) is 1. The van der Waals surface area contributed by atoms with Crippen LogP contribution in [0.5, 0.6) is 0 Å². The van der Waals surface area contributed by atoms with E-state index in [1.165, 1.54) is 81.2 Å². The van der Waals surface area contributed by atoms with E-state index in [1.807, 2.05) is 0 Å². The average Bonchev–Trinajstić information content (AvgIpc) is 3.80. The lowest BCUT2D eigenvalue weighted by Crippen LogP contribution is -2.47. The Bertz CT molecular complexity index is 1160. The van der Waals surface area contributed by atoms with Crippen molar-refractivity contribution < 1.29 is 4.52 Å². The molecule has 2 aromatic heterocycles. The van der Waals surface area contributed by atoms with Gasteiger partial charge in [0.15, 0.2) is 5.82 Å². The molecular weight excluding hydrogens is 410 g/mol. The SMILES string of the molecule is Cn1nc(-c2cccc(NCC34CCC(c5nc(C6CC6)no5)(CC3)CC4)c2)cc1C1CC1. The number of rotatable bonds is 7. The van der Waals surface area contributed by atoms with E-state index in [-0.39, 0.29) is 5.41 Å². The zero-order valence-electron chi connectivity index (χ0n) is 19.5.